The molecule has 0 bridgehead atoms. The second kappa shape index (κ2) is 5.73. The van der Waals surface area contributed by atoms with Crippen molar-refractivity contribution < 1.29 is 0 Å². The molecule has 0 aliphatic heterocycles. The van der Waals surface area contributed by atoms with E-state index in [9.17, 15) is 0 Å². The molecule has 1 aromatic heterocycles. The summed E-state index contributed by atoms with van der Waals surface area (Å²) in [6.07, 6.45) is 3.03. The van der Waals surface area contributed by atoms with Crippen LogP contribution in [0.3, 0.4) is 0 Å². The summed E-state index contributed by atoms with van der Waals surface area (Å²) >= 11 is 0. The van der Waals surface area contributed by atoms with Crippen molar-refractivity contribution in [3.05, 3.63) is 6.20 Å². The van der Waals surface area contributed by atoms with Gasteiger partial charge in [-0.05, 0) is 19.8 Å². The zero-order valence-corrected chi connectivity index (χ0v) is 10.3. The number of rotatable bonds is 6. The second-order valence-electron chi connectivity index (χ2n) is 3.96. The molecule has 4 heteroatoms. The van der Waals surface area contributed by atoms with Gasteiger partial charge >= 0.3 is 0 Å². The van der Waals surface area contributed by atoms with Crippen LogP contribution in [-0.2, 0) is 6.54 Å². The van der Waals surface area contributed by atoms with Crippen LogP contribution in [0.15, 0.2) is 6.20 Å². The summed E-state index contributed by atoms with van der Waals surface area (Å²) in [5, 5.41) is 8.14. The van der Waals surface area contributed by atoms with Crippen molar-refractivity contribution in [2.75, 3.05) is 18.0 Å². The van der Waals surface area contributed by atoms with Crippen molar-refractivity contribution in [1.82, 2.24) is 15.0 Å². The fourth-order valence-electron chi connectivity index (χ4n) is 1.60. The lowest BCUT2D eigenvalue weighted by Gasteiger charge is -2.21. The van der Waals surface area contributed by atoms with Crippen LogP contribution in [0.5, 0.6) is 0 Å². The van der Waals surface area contributed by atoms with Gasteiger partial charge in [-0.2, -0.15) is 0 Å². The van der Waals surface area contributed by atoms with Crippen molar-refractivity contribution in [1.29, 1.82) is 0 Å². The third-order valence-corrected chi connectivity index (χ3v) is 2.87. The van der Waals surface area contributed by atoms with Gasteiger partial charge in [0.2, 0.25) is 0 Å². The Bertz CT molecular complexity index is 278. The number of hydrogen-bond donors (Lipinski definition) is 0. The van der Waals surface area contributed by atoms with E-state index in [4.69, 9.17) is 0 Å². The molecule has 1 atom stereocenters. The maximum Gasteiger partial charge on any atom is 0.147 e. The molecule has 0 saturated heterocycles. The Morgan fingerprint density at radius 1 is 1.33 bits per heavy atom. The number of aromatic nitrogens is 3. The molecule has 15 heavy (non-hydrogen) atoms. The smallest absolute Gasteiger partial charge is 0.147 e. The van der Waals surface area contributed by atoms with E-state index in [-0.39, 0.29) is 0 Å². The van der Waals surface area contributed by atoms with Crippen LogP contribution in [0, 0.1) is 5.92 Å². The maximum atomic E-state index is 4.15. The molecule has 0 radical (unpaired) electrons. The van der Waals surface area contributed by atoms with Crippen LogP contribution >= 0.6 is 0 Å². The largest absolute Gasteiger partial charge is 0.356 e. The third-order valence-electron chi connectivity index (χ3n) is 2.87. The van der Waals surface area contributed by atoms with Gasteiger partial charge in [-0.25, -0.2) is 4.68 Å². The van der Waals surface area contributed by atoms with Crippen molar-refractivity contribution in [2.24, 2.45) is 5.92 Å². The van der Waals surface area contributed by atoms with Gasteiger partial charge < -0.3 is 4.90 Å². The predicted octanol–water partition coefficient (Wildman–Crippen LogP) is 2.17. The average molecular weight is 210 g/mol. The maximum absolute atomic E-state index is 4.15. The number of nitrogens with zero attached hydrogens (tertiary/aromatic N) is 4. The van der Waals surface area contributed by atoms with Gasteiger partial charge in [0.05, 0.1) is 6.20 Å². The minimum Gasteiger partial charge on any atom is -0.356 e. The molecule has 1 heterocycles. The van der Waals surface area contributed by atoms with Crippen LogP contribution in [-0.4, -0.2) is 28.1 Å². The molecule has 4 nitrogen and oxygen atoms in total. The summed E-state index contributed by atoms with van der Waals surface area (Å²) in [4.78, 5) is 2.28. The van der Waals surface area contributed by atoms with Crippen LogP contribution in [0.4, 0.5) is 5.82 Å². The first-order valence-electron chi connectivity index (χ1n) is 5.86. The minimum absolute atomic E-state index is 0.654. The lowest BCUT2D eigenvalue weighted by atomic mass is 10.1. The Labute approximate surface area is 92.3 Å². The fraction of sp³-hybridized carbons (Fsp3) is 0.818. The summed E-state index contributed by atoms with van der Waals surface area (Å²) in [7, 11) is 0. The van der Waals surface area contributed by atoms with E-state index in [1.165, 1.54) is 6.42 Å². The van der Waals surface area contributed by atoms with Crippen molar-refractivity contribution in [2.45, 2.75) is 40.7 Å². The quantitative estimate of drug-likeness (QED) is 0.721. The minimum atomic E-state index is 0.654. The number of anilines is 1. The Hall–Kier alpha value is -1.06. The Morgan fingerprint density at radius 3 is 2.53 bits per heavy atom. The molecule has 0 fully saturated rings. The summed E-state index contributed by atoms with van der Waals surface area (Å²) in [6.45, 7) is 11.7. The summed E-state index contributed by atoms with van der Waals surface area (Å²) in [5.41, 5.74) is 0. The summed E-state index contributed by atoms with van der Waals surface area (Å²) < 4.78 is 2.02. The van der Waals surface area contributed by atoms with E-state index in [2.05, 4.69) is 42.9 Å². The monoisotopic (exact) mass is 210 g/mol. The van der Waals surface area contributed by atoms with E-state index in [0.29, 0.717) is 5.92 Å². The van der Waals surface area contributed by atoms with Gasteiger partial charge in [0.15, 0.2) is 0 Å². The molecular weight excluding hydrogens is 188 g/mol. The topological polar surface area (TPSA) is 34.0 Å². The van der Waals surface area contributed by atoms with Gasteiger partial charge in [-0.1, -0.05) is 25.5 Å². The fourth-order valence-corrected chi connectivity index (χ4v) is 1.60. The predicted molar refractivity (Wildman–Crippen MR) is 63.0 cm³/mol. The first-order valence-corrected chi connectivity index (χ1v) is 5.86. The van der Waals surface area contributed by atoms with Crippen LogP contribution < -0.4 is 4.90 Å². The van der Waals surface area contributed by atoms with Gasteiger partial charge in [-0.15, -0.1) is 5.10 Å². The van der Waals surface area contributed by atoms with Crippen molar-refractivity contribution >= 4 is 5.82 Å². The van der Waals surface area contributed by atoms with Crippen LogP contribution in [0.25, 0.3) is 0 Å². The van der Waals surface area contributed by atoms with Gasteiger partial charge in [0, 0.05) is 19.6 Å². The highest BCUT2D eigenvalue weighted by molar-refractivity contribution is 5.35. The molecule has 86 valence electrons. The normalized spacial score (nSPS) is 12.8. The molecule has 1 rings (SSSR count). The molecule has 1 aromatic rings. The molecule has 0 amide bonds. The highest BCUT2D eigenvalue weighted by Gasteiger charge is 2.11. The molecular formula is C11H22N4. The lowest BCUT2D eigenvalue weighted by Crippen LogP contribution is -2.26. The zero-order chi connectivity index (χ0) is 11.3. The van der Waals surface area contributed by atoms with Gasteiger partial charge in [-0.3, -0.25) is 0 Å². The first kappa shape index (κ1) is 12.0. The molecule has 0 aromatic carbocycles. The SMILES string of the molecule is CCC(C)Cn1nncc1N(CC)CC. The van der Waals surface area contributed by atoms with E-state index >= 15 is 0 Å². The Kier molecular flexibility index (Phi) is 4.59. The molecule has 0 N–H and O–H groups in total. The molecule has 1 unspecified atom stereocenters. The third kappa shape index (κ3) is 2.94. The molecule has 0 saturated carbocycles. The zero-order valence-electron chi connectivity index (χ0n) is 10.3. The van der Waals surface area contributed by atoms with Crippen LogP contribution in [0.1, 0.15) is 34.1 Å². The number of hydrogen-bond acceptors (Lipinski definition) is 3. The molecule has 0 aliphatic carbocycles. The van der Waals surface area contributed by atoms with Crippen LogP contribution in [0.2, 0.25) is 0 Å². The van der Waals surface area contributed by atoms with Gasteiger partial charge in [0.1, 0.15) is 5.82 Å². The lowest BCUT2D eigenvalue weighted by molar-refractivity contribution is 0.430. The van der Waals surface area contributed by atoms with Crippen molar-refractivity contribution in [3.8, 4) is 0 Å². The standard InChI is InChI=1S/C11H22N4/c1-5-10(4)9-15-11(8-12-13-15)14(6-2)7-3/h8,10H,5-7,9H2,1-4H3. The highest BCUT2D eigenvalue weighted by atomic mass is 15.5. The highest BCUT2D eigenvalue weighted by Crippen LogP contribution is 2.14. The van der Waals surface area contributed by atoms with Crippen molar-refractivity contribution in [3.63, 3.8) is 0 Å². The first-order chi connectivity index (χ1) is 7.22. The Balaban J connectivity index is 2.76. The average Bonchev–Trinajstić information content (AvgIpc) is 2.68. The summed E-state index contributed by atoms with van der Waals surface area (Å²) in [5.74, 6) is 1.79. The van der Waals surface area contributed by atoms with E-state index in [1.54, 1.807) is 0 Å². The summed E-state index contributed by atoms with van der Waals surface area (Å²) in [6, 6.07) is 0. The molecule has 0 aliphatic rings. The molecule has 0 spiro atoms. The van der Waals surface area contributed by atoms with E-state index in [1.807, 2.05) is 10.9 Å². The second-order valence-corrected chi connectivity index (χ2v) is 3.96. The Morgan fingerprint density at radius 2 is 2.00 bits per heavy atom. The van der Waals surface area contributed by atoms with E-state index in [0.717, 1.165) is 25.5 Å². The van der Waals surface area contributed by atoms with E-state index < -0.39 is 0 Å². The van der Waals surface area contributed by atoms with Gasteiger partial charge in [0.25, 0.3) is 0 Å².